The average Bonchev–Trinajstić information content (AvgIpc) is 2.60. The van der Waals surface area contributed by atoms with Crippen molar-refractivity contribution in [3.63, 3.8) is 0 Å². The summed E-state index contributed by atoms with van der Waals surface area (Å²) < 4.78 is 18.5. The molecule has 0 aliphatic carbocycles. The molecular weight excluding hydrogens is 301 g/mol. The van der Waals surface area contributed by atoms with Gasteiger partial charge in [-0.15, -0.1) is 0 Å². The Balaban J connectivity index is 2.18. The number of pyridine rings is 1. The van der Waals surface area contributed by atoms with Crippen molar-refractivity contribution >= 4 is 0 Å². The highest BCUT2D eigenvalue weighted by atomic mass is 19.1. The van der Waals surface area contributed by atoms with E-state index in [0.29, 0.717) is 25.2 Å². The predicted octanol–water partition coefficient (Wildman–Crippen LogP) is 5.19. The van der Waals surface area contributed by atoms with Gasteiger partial charge in [0.25, 0.3) is 0 Å². The van der Waals surface area contributed by atoms with Crippen molar-refractivity contribution in [2.24, 2.45) is 0 Å². The molecule has 0 saturated heterocycles. The fourth-order valence-corrected chi connectivity index (χ4v) is 2.22. The van der Waals surface area contributed by atoms with Crippen LogP contribution in [-0.2, 0) is 0 Å². The summed E-state index contributed by atoms with van der Waals surface area (Å²) in [5.74, 6) is 6.93. The first-order chi connectivity index (χ1) is 11.7. The molecule has 1 unspecified atom stereocenters. The third-order valence-corrected chi connectivity index (χ3v) is 3.43. The fourth-order valence-electron chi connectivity index (χ4n) is 2.22. The minimum absolute atomic E-state index is 0.416. The van der Waals surface area contributed by atoms with Crippen LogP contribution < -0.4 is 4.74 Å². The van der Waals surface area contributed by atoms with Crippen LogP contribution >= 0.6 is 0 Å². The molecule has 0 spiro atoms. The van der Waals surface area contributed by atoms with Gasteiger partial charge in [-0.1, -0.05) is 36.6 Å². The molecule has 1 aromatic carbocycles. The van der Waals surface area contributed by atoms with Crippen molar-refractivity contribution in [2.75, 3.05) is 6.61 Å². The van der Waals surface area contributed by atoms with Crippen LogP contribution in [0.5, 0.6) is 5.75 Å². The lowest BCUT2D eigenvalue weighted by Crippen LogP contribution is -1.96. The zero-order valence-electron chi connectivity index (χ0n) is 14.0. The maximum Gasteiger partial charge on any atom is 0.136 e. The van der Waals surface area contributed by atoms with Gasteiger partial charge in [0.15, 0.2) is 0 Å². The van der Waals surface area contributed by atoms with Gasteiger partial charge in [0.05, 0.1) is 17.4 Å². The third-order valence-electron chi connectivity index (χ3n) is 3.43. The van der Waals surface area contributed by atoms with Gasteiger partial charge in [0.1, 0.15) is 12.4 Å². The van der Waals surface area contributed by atoms with E-state index in [2.05, 4.69) is 23.4 Å². The zero-order valence-corrected chi connectivity index (χ0v) is 14.0. The van der Waals surface area contributed by atoms with Crippen molar-refractivity contribution < 1.29 is 9.13 Å². The van der Waals surface area contributed by atoms with Crippen molar-refractivity contribution in [1.82, 2.24) is 4.98 Å². The highest BCUT2D eigenvalue weighted by Crippen LogP contribution is 2.26. The predicted molar refractivity (Wildman–Crippen MR) is 96.7 cm³/mol. The van der Waals surface area contributed by atoms with E-state index in [1.807, 2.05) is 36.4 Å². The Morgan fingerprint density at radius 2 is 2.21 bits per heavy atom. The molecule has 1 heterocycles. The van der Waals surface area contributed by atoms with E-state index in [1.165, 1.54) is 0 Å². The van der Waals surface area contributed by atoms with Crippen LogP contribution in [0.2, 0.25) is 0 Å². The summed E-state index contributed by atoms with van der Waals surface area (Å²) in [6.07, 6.45) is 4.69. The maximum atomic E-state index is 12.8. The van der Waals surface area contributed by atoms with Crippen molar-refractivity contribution in [3.05, 3.63) is 60.8 Å². The molecule has 0 saturated carbocycles. The minimum atomic E-state index is -0.768. The van der Waals surface area contributed by atoms with Crippen LogP contribution in [0.15, 0.2) is 55.3 Å². The first-order valence-electron chi connectivity index (χ1n) is 8.13. The normalized spacial score (nSPS) is 11.2. The van der Waals surface area contributed by atoms with Gasteiger partial charge in [0.2, 0.25) is 0 Å². The van der Waals surface area contributed by atoms with Crippen molar-refractivity contribution in [2.45, 2.75) is 32.4 Å². The van der Waals surface area contributed by atoms with Crippen LogP contribution in [-0.4, -0.2) is 17.8 Å². The Bertz CT molecular complexity index is 714. The first-order valence-corrected chi connectivity index (χ1v) is 8.13. The molecule has 1 atom stereocenters. The van der Waals surface area contributed by atoms with Gasteiger partial charge < -0.3 is 4.74 Å². The second-order valence-corrected chi connectivity index (χ2v) is 5.50. The second kappa shape index (κ2) is 9.52. The summed E-state index contributed by atoms with van der Waals surface area (Å²) in [5.41, 5.74) is 2.69. The van der Waals surface area contributed by atoms with Gasteiger partial charge >= 0.3 is 0 Å². The molecule has 3 heteroatoms. The molecule has 0 N–H and O–H groups in total. The largest absolute Gasteiger partial charge is 0.488 e. The number of unbranched alkanes of at least 4 members (excludes halogenated alkanes) is 1. The number of hydrogen-bond donors (Lipinski definition) is 0. The van der Waals surface area contributed by atoms with Crippen LogP contribution in [0.3, 0.4) is 0 Å². The van der Waals surface area contributed by atoms with Crippen LogP contribution in [0.1, 0.15) is 31.7 Å². The summed E-state index contributed by atoms with van der Waals surface area (Å²) in [6, 6.07) is 11.7. The minimum Gasteiger partial charge on any atom is -0.488 e. The number of halogens is 1. The molecular formula is C21H22FNO. The van der Waals surface area contributed by atoms with E-state index >= 15 is 0 Å². The van der Waals surface area contributed by atoms with Crippen LogP contribution in [0, 0.1) is 11.8 Å². The molecule has 0 aliphatic rings. The Hall–Kier alpha value is -2.60. The molecule has 0 bridgehead atoms. The highest BCUT2D eigenvalue weighted by Gasteiger charge is 2.06. The Labute approximate surface area is 143 Å². The van der Waals surface area contributed by atoms with Gasteiger partial charge in [-0.05, 0) is 44.0 Å². The van der Waals surface area contributed by atoms with Crippen LogP contribution in [0.25, 0.3) is 11.3 Å². The Morgan fingerprint density at radius 1 is 1.33 bits per heavy atom. The van der Waals surface area contributed by atoms with E-state index in [0.717, 1.165) is 23.2 Å². The highest BCUT2D eigenvalue weighted by molar-refractivity contribution is 5.64. The number of rotatable bonds is 7. The Kier molecular flexibility index (Phi) is 7.04. The number of ether oxygens (including phenoxy) is 1. The van der Waals surface area contributed by atoms with Crippen molar-refractivity contribution in [1.29, 1.82) is 0 Å². The fraction of sp³-hybridized carbons (Fsp3) is 0.286. The van der Waals surface area contributed by atoms with Gasteiger partial charge in [0, 0.05) is 18.2 Å². The molecule has 2 aromatic rings. The summed E-state index contributed by atoms with van der Waals surface area (Å²) in [7, 11) is 0. The lowest BCUT2D eigenvalue weighted by atomic mass is 10.1. The molecule has 0 radical (unpaired) electrons. The zero-order chi connectivity index (χ0) is 17.2. The average molecular weight is 323 g/mol. The standard InChI is InChI=1S/C21H22FNO/c1-3-15-24-21-16-19(20-11-7-8-14-23-20)13-12-18(21)10-6-4-5-9-17(2)22/h3,7-8,11-14,16-17H,1,4-5,9,15H2,2H3. The maximum absolute atomic E-state index is 12.8. The lowest BCUT2D eigenvalue weighted by molar-refractivity contribution is 0.336. The van der Waals surface area contributed by atoms with E-state index in [9.17, 15) is 4.39 Å². The van der Waals surface area contributed by atoms with E-state index in [4.69, 9.17) is 4.74 Å². The van der Waals surface area contributed by atoms with Gasteiger partial charge in [-0.3, -0.25) is 4.98 Å². The summed E-state index contributed by atoms with van der Waals surface area (Å²) >= 11 is 0. The monoisotopic (exact) mass is 323 g/mol. The number of nitrogens with zero attached hydrogens (tertiary/aromatic N) is 1. The van der Waals surface area contributed by atoms with E-state index in [-0.39, 0.29) is 0 Å². The second-order valence-electron chi connectivity index (χ2n) is 5.50. The molecule has 0 fully saturated rings. The van der Waals surface area contributed by atoms with Crippen molar-refractivity contribution in [3.8, 4) is 28.8 Å². The molecule has 124 valence electrons. The van der Waals surface area contributed by atoms with Gasteiger partial charge in [-0.25, -0.2) is 4.39 Å². The third kappa shape index (κ3) is 5.55. The number of hydrogen-bond acceptors (Lipinski definition) is 2. The molecule has 1 aromatic heterocycles. The molecule has 0 aliphatic heterocycles. The number of benzene rings is 1. The van der Waals surface area contributed by atoms with E-state index in [1.54, 1.807) is 19.2 Å². The van der Waals surface area contributed by atoms with Gasteiger partial charge in [-0.2, -0.15) is 0 Å². The Morgan fingerprint density at radius 3 is 2.92 bits per heavy atom. The molecule has 0 amide bonds. The SMILES string of the molecule is C=CCOc1cc(-c2ccccn2)ccc1C#CCCCC(C)F. The van der Waals surface area contributed by atoms with Crippen LogP contribution in [0.4, 0.5) is 4.39 Å². The summed E-state index contributed by atoms with van der Waals surface area (Å²) in [5, 5.41) is 0. The lowest BCUT2D eigenvalue weighted by Gasteiger charge is -2.09. The number of alkyl halides is 1. The molecule has 24 heavy (non-hydrogen) atoms. The topological polar surface area (TPSA) is 22.1 Å². The first kappa shape index (κ1) is 17.7. The number of aromatic nitrogens is 1. The summed E-state index contributed by atoms with van der Waals surface area (Å²) in [6.45, 7) is 5.67. The smallest absolute Gasteiger partial charge is 0.136 e. The molecule has 2 nitrogen and oxygen atoms in total. The van der Waals surface area contributed by atoms with E-state index < -0.39 is 6.17 Å². The quantitative estimate of drug-likeness (QED) is 0.397. The summed E-state index contributed by atoms with van der Waals surface area (Å²) in [4.78, 5) is 4.36. The molecule has 2 rings (SSSR count).